The lowest BCUT2D eigenvalue weighted by molar-refractivity contribution is -0.0778. The van der Waals surface area contributed by atoms with Crippen LogP contribution in [0.3, 0.4) is 0 Å². The predicted molar refractivity (Wildman–Crippen MR) is 125 cm³/mol. The van der Waals surface area contributed by atoms with Gasteiger partial charge in [0.25, 0.3) is 11.5 Å². The molecule has 0 aliphatic carbocycles. The minimum Gasteiger partial charge on any atom is -0.389 e. The van der Waals surface area contributed by atoms with E-state index in [-0.39, 0.29) is 46.9 Å². The number of aliphatic hydroxyl groups is 1. The van der Waals surface area contributed by atoms with Crippen molar-refractivity contribution in [3.8, 4) is 0 Å². The van der Waals surface area contributed by atoms with Gasteiger partial charge < -0.3 is 9.67 Å². The number of fused-ring (bicyclic) bond motifs is 1. The van der Waals surface area contributed by atoms with Gasteiger partial charge in [0.15, 0.2) is 5.15 Å². The first-order chi connectivity index (χ1) is 15.5. The van der Waals surface area contributed by atoms with E-state index in [2.05, 4.69) is 4.98 Å². The Hall–Kier alpha value is -2.18. The van der Waals surface area contributed by atoms with Gasteiger partial charge in [-0.1, -0.05) is 37.0 Å². The maximum absolute atomic E-state index is 13.5. The summed E-state index contributed by atoms with van der Waals surface area (Å²) in [6.45, 7) is 6.06. The van der Waals surface area contributed by atoms with E-state index in [0.717, 1.165) is 9.63 Å². The monoisotopic (exact) mass is 515 g/mol. The lowest BCUT2D eigenvalue weighted by Gasteiger charge is -2.15. The van der Waals surface area contributed by atoms with Crippen molar-refractivity contribution in [1.29, 1.82) is 0 Å². The summed E-state index contributed by atoms with van der Waals surface area (Å²) in [5.74, 6) is 0.0788. The van der Waals surface area contributed by atoms with Crippen LogP contribution in [0.2, 0.25) is 10.3 Å². The Morgan fingerprint density at radius 3 is 2.55 bits per heavy atom. The molecule has 1 saturated heterocycles. The van der Waals surface area contributed by atoms with Gasteiger partial charge in [-0.3, -0.25) is 23.6 Å². The number of hydroxylamine groups is 2. The average Bonchev–Trinajstić information content (AvgIpc) is 3.41. The third-order valence-electron chi connectivity index (χ3n) is 5.39. The van der Waals surface area contributed by atoms with Gasteiger partial charge in [0.1, 0.15) is 28.5 Å². The number of carbonyl (C=O) groups excluding carboxylic acids is 1. The van der Waals surface area contributed by atoms with Crippen LogP contribution in [-0.4, -0.2) is 54.0 Å². The van der Waals surface area contributed by atoms with Crippen molar-refractivity contribution >= 4 is 50.7 Å². The molecule has 3 aromatic heterocycles. The summed E-state index contributed by atoms with van der Waals surface area (Å²) < 4.78 is 4.14. The molecule has 1 aliphatic rings. The van der Waals surface area contributed by atoms with Gasteiger partial charge in [-0.05, 0) is 12.8 Å². The second-order valence-corrected chi connectivity index (χ2v) is 10.2. The number of aliphatic hydroxyl groups excluding tert-OH is 1. The number of rotatable bonds is 5. The minimum atomic E-state index is -0.826. The van der Waals surface area contributed by atoms with E-state index >= 15 is 0 Å². The molecule has 1 atom stereocenters. The van der Waals surface area contributed by atoms with Gasteiger partial charge in [-0.2, -0.15) is 0 Å². The van der Waals surface area contributed by atoms with Crippen LogP contribution < -0.4 is 11.2 Å². The molecule has 1 fully saturated rings. The normalized spacial score (nSPS) is 16.5. The van der Waals surface area contributed by atoms with Gasteiger partial charge in [0, 0.05) is 18.5 Å². The van der Waals surface area contributed by atoms with Crippen molar-refractivity contribution < 1.29 is 14.7 Å². The van der Waals surface area contributed by atoms with Crippen LogP contribution >= 0.6 is 34.5 Å². The molecule has 1 N–H and O–H groups in total. The van der Waals surface area contributed by atoms with E-state index in [1.54, 1.807) is 11.5 Å². The third-order valence-corrected chi connectivity index (χ3v) is 7.33. The average molecular weight is 516 g/mol. The van der Waals surface area contributed by atoms with E-state index in [1.807, 2.05) is 13.8 Å². The molecule has 0 bridgehead atoms. The Balaban J connectivity index is 2.01. The van der Waals surface area contributed by atoms with Gasteiger partial charge in [-0.15, -0.1) is 11.3 Å². The minimum absolute atomic E-state index is 0.0265. The lowest BCUT2D eigenvalue weighted by atomic mass is 10.1. The van der Waals surface area contributed by atoms with Crippen LogP contribution in [-0.2, 0) is 25.0 Å². The maximum Gasteiger partial charge on any atom is 0.331 e. The fourth-order valence-corrected chi connectivity index (χ4v) is 5.53. The highest BCUT2D eigenvalue weighted by Gasteiger charge is 2.33. The second kappa shape index (κ2) is 8.88. The fourth-order valence-electron chi connectivity index (χ4n) is 3.81. The summed E-state index contributed by atoms with van der Waals surface area (Å²) in [5, 5.41) is 11.3. The SMILES string of the molecule is Cc1nc(Cl)c(Cl)n1Cc1sc2c(c1C(=O)N1C[C@H](O)CO1)c(=O)n(C)c(=O)n2CC(C)C. The number of halogens is 2. The van der Waals surface area contributed by atoms with Gasteiger partial charge in [-0.25, -0.2) is 14.8 Å². The topological polar surface area (TPSA) is 112 Å². The van der Waals surface area contributed by atoms with Crippen molar-refractivity contribution in [3.63, 3.8) is 0 Å². The van der Waals surface area contributed by atoms with Gasteiger partial charge in [0.05, 0.1) is 24.0 Å². The molecule has 0 radical (unpaired) electrons. The molecular formula is C20H23Cl2N5O5S. The lowest BCUT2D eigenvalue weighted by Crippen LogP contribution is -2.39. The molecule has 0 unspecified atom stereocenters. The highest BCUT2D eigenvalue weighted by molar-refractivity contribution is 7.19. The Kier molecular flexibility index (Phi) is 6.45. The number of hydrogen-bond donors (Lipinski definition) is 1. The van der Waals surface area contributed by atoms with Crippen LogP contribution in [0.5, 0.6) is 0 Å². The summed E-state index contributed by atoms with van der Waals surface area (Å²) in [6, 6.07) is 0. The summed E-state index contributed by atoms with van der Waals surface area (Å²) in [6.07, 6.45) is -0.826. The highest BCUT2D eigenvalue weighted by Crippen LogP contribution is 2.33. The van der Waals surface area contributed by atoms with Crippen LogP contribution in [0.15, 0.2) is 9.59 Å². The van der Waals surface area contributed by atoms with E-state index in [9.17, 15) is 19.5 Å². The molecule has 1 aliphatic heterocycles. The third kappa shape index (κ3) is 4.12. The van der Waals surface area contributed by atoms with Crippen LogP contribution in [0.4, 0.5) is 0 Å². The number of thiophene rings is 1. The smallest absolute Gasteiger partial charge is 0.331 e. The molecule has 0 aromatic carbocycles. The number of aryl methyl sites for hydroxylation is 1. The molecule has 4 rings (SSSR count). The molecule has 0 saturated carbocycles. The number of hydrogen-bond acceptors (Lipinski definition) is 7. The molecule has 13 heteroatoms. The fraction of sp³-hybridized carbons (Fsp3) is 0.500. The van der Waals surface area contributed by atoms with Gasteiger partial charge in [0.2, 0.25) is 0 Å². The molecule has 3 aromatic rings. The Morgan fingerprint density at radius 2 is 2.00 bits per heavy atom. The molecule has 1 amide bonds. The zero-order chi connectivity index (χ0) is 24.2. The van der Waals surface area contributed by atoms with E-state index in [1.165, 1.54) is 23.0 Å². The largest absolute Gasteiger partial charge is 0.389 e. The Morgan fingerprint density at radius 1 is 1.30 bits per heavy atom. The Bertz CT molecular complexity index is 1370. The zero-order valence-corrected chi connectivity index (χ0v) is 20.8. The molecule has 10 nitrogen and oxygen atoms in total. The highest BCUT2D eigenvalue weighted by atomic mass is 35.5. The molecule has 4 heterocycles. The standard InChI is InChI=1S/C20H23Cl2N5O5S/c1-9(2)5-26-19-14(17(29)24(4)20(26)31)13(18(30)27-6-11(28)8-32-27)12(33-19)7-25-10(3)23-15(21)16(25)22/h9,11,28H,5-8H2,1-4H3/t11-/m0/s1. The number of nitrogens with zero attached hydrogens (tertiary/aromatic N) is 5. The summed E-state index contributed by atoms with van der Waals surface area (Å²) in [5.41, 5.74) is -0.921. The van der Waals surface area contributed by atoms with E-state index in [4.69, 9.17) is 28.0 Å². The summed E-state index contributed by atoms with van der Waals surface area (Å²) >= 11 is 13.6. The van der Waals surface area contributed by atoms with Crippen LogP contribution in [0.25, 0.3) is 10.2 Å². The van der Waals surface area contributed by atoms with Crippen molar-refractivity contribution in [2.75, 3.05) is 13.2 Å². The number of imidazole rings is 1. The predicted octanol–water partition coefficient (Wildman–Crippen LogP) is 2.03. The zero-order valence-electron chi connectivity index (χ0n) is 18.5. The summed E-state index contributed by atoms with van der Waals surface area (Å²) in [4.78, 5) is 50.1. The van der Waals surface area contributed by atoms with Gasteiger partial charge >= 0.3 is 5.69 Å². The number of aromatic nitrogens is 4. The van der Waals surface area contributed by atoms with Crippen molar-refractivity contribution in [2.45, 2.75) is 40.0 Å². The van der Waals surface area contributed by atoms with Crippen molar-refractivity contribution in [2.24, 2.45) is 13.0 Å². The Labute approximate surface area is 202 Å². The number of amides is 1. The first-order valence-corrected chi connectivity index (χ1v) is 11.8. The van der Waals surface area contributed by atoms with Crippen LogP contribution in [0, 0.1) is 12.8 Å². The maximum atomic E-state index is 13.5. The first-order valence-electron chi connectivity index (χ1n) is 10.3. The van der Waals surface area contributed by atoms with Crippen molar-refractivity contribution in [3.05, 3.63) is 47.4 Å². The van der Waals surface area contributed by atoms with E-state index < -0.39 is 23.3 Å². The second-order valence-electron chi connectivity index (χ2n) is 8.37. The molecule has 178 valence electrons. The van der Waals surface area contributed by atoms with E-state index in [0.29, 0.717) is 22.1 Å². The molecular weight excluding hydrogens is 493 g/mol. The first kappa shape index (κ1) is 24.0. The molecule has 0 spiro atoms. The van der Waals surface area contributed by atoms with Crippen molar-refractivity contribution in [1.82, 2.24) is 23.7 Å². The number of carbonyl (C=O) groups is 1. The molecule has 33 heavy (non-hydrogen) atoms. The number of β-amino-alcohol motifs (C(OH)–C–C–N with tert-alkyl or cyclic N) is 1. The quantitative estimate of drug-likeness (QED) is 0.556. The summed E-state index contributed by atoms with van der Waals surface area (Å²) in [7, 11) is 1.39. The van der Waals surface area contributed by atoms with Crippen LogP contribution in [0.1, 0.15) is 34.9 Å².